The molecule has 0 aromatic rings. The lowest BCUT2D eigenvalue weighted by Gasteiger charge is -2.06. The van der Waals surface area contributed by atoms with Crippen LogP contribution in [0, 0.1) is 0 Å². The molecule has 0 unspecified atom stereocenters. The molecule has 0 aromatic heterocycles. The molecular weight excluding hydrogens is 252 g/mol. The van der Waals surface area contributed by atoms with Crippen LogP contribution >= 0.6 is 0 Å². The normalized spacial score (nSPS) is 20.2. The highest BCUT2D eigenvalue weighted by molar-refractivity contribution is 5.98. The Morgan fingerprint density at radius 3 is 1.95 bits per heavy atom. The van der Waals surface area contributed by atoms with E-state index < -0.39 is 11.8 Å². The number of hydrogen-bond donors (Lipinski definition) is 4. The largest absolute Gasteiger partial charge is 0.356 e. The van der Waals surface area contributed by atoms with E-state index in [9.17, 15) is 19.2 Å². The average Bonchev–Trinajstić information content (AvgIpc) is 2.35. The molecule has 1 aliphatic rings. The lowest BCUT2D eigenvalue weighted by atomic mass is 10.3. The van der Waals surface area contributed by atoms with Crippen LogP contribution in [0.3, 0.4) is 0 Å². The summed E-state index contributed by atoms with van der Waals surface area (Å²) in [6.45, 7) is 0.916. The van der Waals surface area contributed by atoms with Crippen LogP contribution in [0.15, 0.2) is 0 Å². The summed E-state index contributed by atoms with van der Waals surface area (Å²) in [6, 6.07) is 0. The van der Waals surface area contributed by atoms with Crippen LogP contribution in [0.4, 0.5) is 0 Å². The molecule has 4 N–H and O–H groups in total. The Labute approximate surface area is 110 Å². The van der Waals surface area contributed by atoms with Crippen LogP contribution in [0.25, 0.3) is 0 Å². The van der Waals surface area contributed by atoms with Gasteiger partial charge in [0.1, 0.15) is 6.42 Å². The molecular formula is C11H18N4O4. The Kier molecular flexibility index (Phi) is 6.34. The number of carbonyl (C=O) groups is 4. The molecule has 1 rings (SSSR count). The van der Waals surface area contributed by atoms with Crippen LogP contribution in [-0.4, -0.2) is 49.8 Å². The Morgan fingerprint density at radius 1 is 0.632 bits per heavy atom. The van der Waals surface area contributed by atoms with Gasteiger partial charge in [0.05, 0.1) is 6.54 Å². The minimum absolute atomic E-state index is 0.154. The Bertz CT molecular complexity index is 370. The fourth-order valence-electron chi connectivity index (χ4n) is 1.46. The third kappa shape index (κ3) is 7.02. The van der Waals surface area contributed by atoms with Crippen LogP contribution in [0.5, 0.6) is 0 Å². The Hall–Kier alpha value is -2.12. The van der Waals surface area contributed by atoms with Gasteiger partial charge in [-0.2, -0.15) is 0 Å². The van der Waals surface area contributed by atoms with Crippen molar-refractivity contribution < 1.29 is 19.2 Å². The maximum atomic E-state index is 11.3. The van der Waals surface area contributed by atoms with Gasteiger partial charge in [-0.15, -0.1) is 0 Å². The number of rotatable bonds is 0. The van der Waals surface area contributed by atoms with E-state index in [1.807, 2.05) is 0 Å². The summed E-state index contributed by atoms with van der Waals surface area (Å²) in [5.74, 6) is -1.49. The third-order valence-electron chi connectivity index (χ3n) is 2.44. The zero-order chi connectivity index (χ0) is 14.1. The lowest BCUT2D eigenvalue weighted by Crippen LogP contribution is -2.39. The van der Waals surface area contributed by atoms with Crippen LogP contribution in [0.1, 0.15) is 19.3 Å². The van der Waals surface area contributed by atoms with Crippen LogP contribution < -0.4 is 21.3 Å². The maximum absolute atomic E-state index is 11.3. The Morgan fingerprint density at radius 2 is 1.21 bits per heavy atom. The van der Waals surface area contributed by atoms with Gasteiger partial charge in [0.15, 0.2) is 0 Å². The topological polar surface area (TPSA) is 116 Å². The van der Waals surface area contributed by atoms with E-state index in [1.165, 1.54) is 0 Å². The second kappa shape index (κ2) is 8.06. The van der Waals surface area contributed by atoms with E-state index in [0.717, 1.165) is 0 Å². The third-order valence-corrected chi connectivity index (χ3v) is 2.44. The van der Waals surface area contributed by atoms with Crippen molar-refractivity contribution in [3.63, 3.8) is 0 Å². The average molecular weight is 270 g/mol. The maximum Gasteiger partial charge on any atom is 0.239 e. The van der Waals surface area contributed by atoms with Crippen molar-refractivity contribution in [3.8, 4) is 0 Å². The van der Waals surface area contributed by atoms with E-state index in [-0.39, 0.29) is 37.7 Å². The molecule has 1 saturated heterocycles. The number of carbonyl (C=O) groups excluding carboxylic acids is 4. The molecule has 0 aliphatic carbocycles. The zero-order valence-electron chi connectivity index (χ0n) is 10.6. The molecule has 106 valence electrons. The summed E-state index contributed by atoms with van der Waals surface area (Å²) in [5.41, 5.74) is 0. The van der Waals surface area contributed by atoms with Gasteiger partial charge in [0.2, 0.25) is 23.6 Å². The summed E-state index contributed by atoms with van der Waals surface area (Å²) in [5, 5.41) is 10.1. The molecule has 0 bridgehead atoms. The molecule has 0 aromatic carbocycles. The summed E-state index contributed by atoms with van der Waals surface area (Å²) in [4.78, 5) is 45.3. The molecule has 0 spiro atoms. The molecule has 1 fully saturated rings. The highest BCUT2D eigenvalue weighted by atomic mass is 16.2. The molecule has 4 amide bonds. The van der Waals surface area contributed by atoms with Crippen molar-refractivity contribution >= 4 is 23.6 Å². The van der Waals surface area contributed by atoms with E-state index in [1.54, 1.807) is 0 Å². The molecule has 0 saturated carbocycles. The molecule has 1 heterocycles. The van der Waals surface area contributed by atoms with Crippen LogP contribution in [0.2, 0.25) is 0 Å². The number of nitrogens with one attached hydrogen (secondary N) is 4. The molecule has 8 heteroatoms. The summed E-state index contributed by atoms with van der Waals surface area (Å²) < 4.78 is 0. The summed E-state index contributed by atoms with van der Waals surface area (Å²) in [6.07, 6.45) is 0.423. The predicted octanol–water partition coefficient (Wildman–Crippen LogP) is -2.36. The van der Waals surface area contributed by atoms with E-state index in [4.69, 9.17) is 0 Å². The minimum atomic E-state index is -0.521. The first-order valence-electron chi connectivity index (χ1n) is 6.14. The highest BCUT2D eigenvalue weighted by Crippen LogP contribution is 1.85. The molecule has 0 radical (unpaired) electrons. The minimum Gasteiger partial charge on any atom is -0.356 e. The number of hydrogen-bond acceptors (Lipinski definition) is 4. The smallest absolute Gasteiger partial charge is 0.239 e. The molecule has 0 atom stereocenters. The van der Waals surface area contributed by atoms with Gasteiger partial charge in [-0.3, -0.25) is 19.2 Å². The van der Waals surface area contributed by atoms with Gasteiger partial charge in [-0.25, -0.2) is 0 Å². The van der Waals surface area contributed by atoms with Gasteiger partial charge in [-0.05, 0) is 6.42 Å². The van der Waals surface area contributed by atoms with E-state index in [2.05, 4.69) is 21.3 Å². The van der Waals surface area contributed by atoms with Gasteiger partial charge < -0.3 is 21.3 Å². The first-order chi connectivity index (χ1) is 9.08. The fourth-order valence-corrected chi connectivity index (χ4v) is 1.46. The summed E-state index contributed by atoms with van der Waals surface area (Å²) >= 11 is 0. The highest BCUT2D eigenvalue weighted by Gasteiger charge is 2.11. The SMILES string of the molecule is O=C1CCNC(=O)CC(=O)NCC(=O)NCCCN1. The molecule has 19 heavy (non-hydrogen) atoms. The van der Waals surface area contributed by atoms with Crippen LogP contribution in [-0.2, 0) is 19.2 Å². The molecule has 1 aliphatic heterocycles. The van der Waals surface area contributed by atoms with E-state index >= 15 is 0 Å². The van der Waals surface area contributed by atoms with E-state index in [0.29, 0.717) is 19.5 Å². The first-order valence-corrected chi connectivity index (χ1v) is 6.14. The monoisotopic (exact) mass is 270 g/mol. The Balaban J connectivity index is 2.46. The van der Waals surface area contributed by atoms with Crippen molar-refractivity contribution in [3.05, 3.63) is 0 Å². The van der Waals surface area contributed by atoms with Crippen molar-refractivity contribution in [2.75, 3.05) is 26.2 Å². The zero-order valence-corrected chi connectivity index (χ0v) is 10.6. The van der Waals surface area contributed by atoms with Gasteiger partial charge in [-0.1, -0.05) is 0 Å². The fraction of sp³-hybridized carbons (Fsp3) is 0.636. The molecule has 8 nitrogen and oxygen atoms in total. The second-order valence-electron chi connectivity index (χ2n) is 4.11. The van der Waals surface area contributed by atoms with Crippen molar-refractivity contribution in [1.82, 2.24) is 21.3 Å². The van der Waals surface area contributed by atoms with Gasteiger partial charge in [0.25, 0.3) is 0 Å². The first kappa shape index (κ1) is 14.9. The number of amides is 4. The van der Waals surface area contributed by atoms with Crippen molar-refractivity contribution in [1.29, 1.82) is 0 Å². The predicted molar refractivity (Wildman–Crippen MR) is 65.9 cm³/mol. The summed E-state index contributed by atoms with van der Waals surface area (Å²) in [7, 11) is 0. The second-order valence-corrected chi connectivity index (χ2v) is 4.11. The lowest BCUT2D eigenvalue weighted by molar-refractivity contribution is -0.131. The van der Waals surface area contributed by atoms with Gasteiger partial charge in [0, 0.05) is 26.1 Å². The quantitative estimate of drug-likeness (QED) is 0.368. The van der Waals surface area contributed by atoms with Crippen molar-refractivity contribution in [2.24, 2.45) is 0 Å². The standard InChI is InChI=1S/C11H18N4O4/c16-8-2-5-14-9(17)6-10(18)15-7-11(19)13-4-1-3-12-8/h1-7H2,(H,12,16)(H,13,19)(H,14,17)(H,15,18). The van der Waals surface area contributed by atoms with Crippen molar-refractivity contribution in [2.45, 2.75) is 19.3 Å². The van der Waals surface area contributed by atoms with Gasteiger partial charge >= 0.3 is 0 Å².